The summed E-state index contributed by atoms with van der Waals surface area (Å²) in [7, 11) is 1.54. The predicted octanol–water partition coefficient (Wildman–Crippen LogP) is 0.650. The van der Waals surface area contributed by atoms with Crippen LogP contribution in [0.1, 0.15) is 24.0 Å². The number of rotatable bonds is 6. The van der Waals surface area contributed by atoms with E-state index in [1.807, 2.05) is 12.1 Å². The summed E-state index contributed by atoms with van der Waals surface area (Å²) in [5.41, 5.74) is 7.25. The van der Waals surface area contributed by atoms with E-state index in [1.54, 1.807) is 13.2 Å². The first-order valence-corrected chi connectivity index (χ1v) is 6.67. The van der Waals surface area contributed by atoms with E-state index >= 15 is 0 Å². The topological polar surface area (TPSA) is 100 Å². The lowest BCUT2D eigenvalue weighted by Crippen LogP contribution is -2.35. The first-order chi connectivity index (χ1) is 9.63. The van der Waals surface area contributed by atoms with E-state index in [0.717, 1.165) is 24.9 Å². The first kappa shape index (κ1) is 14.6. The van der Waals surface area contributed by atoms with Crippen molar-refractivity contribution < 1.29 is 15.1 Å². The van der Waals surface area contributed by atoms with Crippen molar-refractivity contribution in [1.29, 1.82) is 0 Å². The van der Waals surface area contributed by atoms with E-state index in [2.05, 4.69) is 10.5 Å². The van der Waals surface area contributed by atoms with E-state index in [4.69, 9.17) is 15.7 Å². The molecular weight excluding hydrogens is 258 g/mol. The fraction of sp³-hybridized carbons (Fsp3) is 0.500. The van der Waals surface area contributed by atoms with Gasteiger partial charge in [0.2, 0.25) is 0 Å². The molecule has 0 unspecified atom stereocenters. The number of oxime groups is 1. The Hall–Kier alpha value is -1.79. The number of aliphatic hydroxyl groups excluding tert-OH is 1. The van der Waals surface area contributed by atoms with E-state index in [1.165, 1.54) is 0 Å². The standard InChI is InChI=1S/C14H21N3O3/c1-20-13-3-2-9(6-12(13)14(15)17-19)7-16-8-10-4-11(18)5-10/h2-3,6,10-11,16,18-19H,4-5,7-8H2,1H3,(H2,15,17). The monoisotopic (exact) mass is 279 g/mol. The van der Waals surface area contributed by atoms with Gasteiger partial charge in [0.05, 0.1) is 18.8 Å². The maximum absolute atomic E-state index is 9.22. The largest absolute Gasteiger partial charge is 0.496 e. The maximum Gasteiger partial charge on any atom is 0.173 e. The molecule has 5 N–H and O–H groups in total. The Kier molecular flexibility index (Phi) is 4.81. The van der Waals surface area contributed by atoms with Crippen LogP contribution in [0.2, 0.25) is 0 Å². The van der Waals surface area contributed by atoms with Crippen molar-refractivity contribution in [2.24, 2.45) is 16.8 Å². The van der Waals surface area contributed by atoms with Crippen LogP contribution < -0.4 is 15.8 Å². The minimum absolute atomic E-state index is 0.0332. The summed E-state index contributed by atoms with van der Waals surface area (Å²) in [6.07, 6.45) is 1.64. The molecule has 2 rings (SSSR count). The highest BCUT2D eigenvalue weighted by atomic mass is 16.5. The first-order valence-electron chi connectivity index (χ1n) is 6.67. The molecule has 1 aliphatic carbocycles. The van der Waals surface area contributed by atoms with Gasteiger partial charge in [-0.2, -0.15) is 0 Å². The van der Waals surface area contributed by atoms with Gasteiger partial charge in [0.15, 0.2) is 5.84 Å². The number of benzene rings is 1. The summed E-state index contributed by atoms with van der Waals surface area (Å²) in [6, 6.07) is 5.59. The van der Waals surface area contributed by atoms with Crippen LogP contribution >= 0.6 is 0 Å². The summed E-state index contributed by atoms with van der Waals surface area (Å²) >= 11 is 0. The smallest absolute Gasteiger partial charge is 0.173 e. The molecule has 0 bridgehead atoms. The Bertz CT molecular complexity index is 485. The predicted molar refractivity (Wildman–Crippen MR) is 75.9 cm³/mol. The number of ether oxygens (including phenoxy) is 1. The van der Waals surface area contributed by atoms with Crippen molar-refractivity contribution in [1.82, 2.24) is 5.32 Å². The highest BCUT2D eigenvalue weighted by molar-refractivity contribution is 5.99. The van der Waals surface area contributed by atoms with Gasteiger partial charge in [-0.1, -0.05) is 11.2 Å². The fourth-order valence-electron chi connectivity index (χ4n) is 2.41. The molecule has 1 aliphatic rings. The molecular formula is C14H21N3O3. The van der Waals surface area contributed by atoms with Crippen molar-refractivity contribution in [2.45, 2.75) is 25.5 Å². The number of amidine groups is 1. The number of hydrogen-bond acceptors (Lipinski definition) is 5. The van der Waals surface area contributed by atoms with Gasteiger partial charge in [-0.3, -0.25) is 0 Å². The molecule has 0 radical (unpaired) electrons. The summed E-state index contributed by atoms with van der Waals surface area (Å²) < 4.78 is 5.18. The summed E-state index contributed by atoms with van der Waals surface area (Å²) in [5, 5.41) is 24.4. The van der Waals surface area contributed by atoms with E-state index in [9.17, 15) is 5.11 Å². The molecule has 6 nitrogen and oxygen atoms in total. The average Bonchev–Trinajstić information content (AvgIpc) is 2.44. The summed E-state index contributed by atoms with van der Waals surface area (Å²) in [4.78, 5) is 0. The van der Waals surface area contributed by atoms with Crippen LogP contribution in [-0.4, -0.2) is 35.9 Å². The fourth-order valence-corrected chi connectivity index (χ4v) is 2.41. The Labute approximate surface area is 118 Å². The summed E-state index contributed by atoms with van der Waals surface area (Å²) in [6.45, 7) is 1.59. The van der Waals surface area contributed by atoms with Crippen LogP contribution in [0.4, 0.5) is 0 Å². The van der Waals surface area contributed by atoms with Crippen molar-refractivity contribution in [2.75, 3.05) is 13.7 Å². The van der Waals surface area contributed by atoms with Crippen LogP contribution in [0, 0.1) is 5.92 Å². The molecule has 1 aromatic carbocycles. The second-order valence-corrected chi connectivity index (χ2v) is 5.14. The third-order valence-corrected chi connectivity index (χ3v) is 3.62. The lowest BCUT2D eigenvalue weighted by Gasteiger charge is -2.31. The number of nitrogens with one attached hydrogen (secondary N) is 1. The van der Waals surface area contributed by atoms with Crippen LogP contribution in [0.3, 0.4) is 0 Å². The van der Waals surface area contributed by atoms with E-state index in [0.29, 0.717) is 23.8 Å². The minimum atomic E-state index is -0.116. The second-order valence-electron chi connectivity index (χ2n) is 5.14. The quantitative estimate of drug-likeness (QED) is 0.265. The molecule has 1 saturated carbocycles. The number of nitrogens with zero attached hydrogens (tertiary/aromatic N) is 1. The van der Waals surface area contributed by atoms with E-state index < -0.39 is 0 Å². The normalized spacial score (nSPS) is 22.4. The second kappa shape index (κ2) is 6.58. The van der Waals surface area contributed by atoms with Crippen LogP contribution in [0.5, 0.6) is 5.75 Å². The number of aliphatic hydroxyl groups is 1. The number of methoxy groups -OCH3 is 1. The maximum atomic E-state index is 9.22. The van der Waals surface area contributed by atoms with Crippen LogP contribution in [0.25, 0.3) is 0 Å². The van der Waals surface area contributed by atoms with Crippen molar-refractivity contribution in [3.63, 3.8) is 0 Å². The molecule has 0 heterocycles. The highest BCUT2D eigenvalue weighted by Crippen LogP contribution is 2.26. The third kappa shape index (κ3) is 3.40. The van der Waals surface area contributed by atoms with Gasteiger partial charge < -0.3 is 26.1 Å². The minimum Gasteiger partial charge on any atom is -0.496 e. The molecule has 0 saturated heterocycles. The molecule has 0 aliphatic heterocycles. The molecule has 0 aromatic heterocycles. The van der Waals surface area contributed by atoms with Crippen molar-refractivity contribution in [3.8, 4) is 5.75 Å². The van der Waals surface area contributed by atoms with Crippen LogP contribution in [0.15, 0.2) is 23.4 Å². The number of hydrogen-bond donors (Lipinski definition) is 4. The van der Waals surface area contributed by atoms with Crippen LogP contribution in [-0.2, 0) is 6.54 Å². The lowest BCUT2D eigenvalue weighted by molar-refractivity contribution is 0.0430. The van der Waals surface area contributed by atoms with Crippen molar-refractivity contribution >= 4 is 5.84 Å². The highest BCUT2D eigenvalue weighted by Gasteiger charge is 2.26. The Morgan fingerprint density at radius 1 is 1.50 bits per heavy atom. The Morgan fingerprint density at radius 3 is 2.85 bits per heavy atom. The summed E-state index contributed by atoms with van der Waals surface area (Å²) in [5.74, 6) is 1.17. The molecule has 0 amide bonds. The molecule has 0 spiro atoms. The third-order valence-electron chi connectivity index (χ3n) is 3.62. The van der Waals surface area contributed by atoms with Gasteiger partial charge in [0.1, 0.15) is 5.75 Å². The molecule has 1 fully saturated rings. The van der Waals surface area contributed by atoms with Crippen molar-refractivity contribution in [3.05, 3.63) is 29.3 Å². The van der Waals surface area contributed by atoms with Gasteiger partial charge >= 0.3 is 0 Å². The molecule has 6 heteroatoms. The van der Waals surface area contributed by atoms with Gasteiger partial charge in [-0.05, 0) is 43.0 Å². The lowest BCUT2D eigenvalue weighted by atomic mass is 9.82. The van der Waals surface area contributed by atoms with E-state index in [-0.39, 0.29) is 11.9 Å². The number of nitrogens with two attached hydrogens (primary N) is 1. The van der Waals surface area contributed by atoms with Gasteiger partial charge in [0, 0.05) is 6.54 Å². The Morgan fingerprint density at radius 2 is 2.25 bits per heavy atom. The zero-order valence-corrected chi connectivity index (χ0v) is 11.5. The SMILES string of the molecule is COc1ccc(CNCC2CC(O)C2)cc1C(N)=NO. The van der Waals surface area contributed by atoms with Gasteiger partial charge in [0.25, 0.3) is 0 Å². The molecule has 20 heavy (non-hydrogen) atoms. The van der Waals surface area contributed by atoms with Gasteiger partial charge in [-0.15, -0.1) is 0 Å². The zero-order chi connectivity index (χ0) is 14.5. The molecule has 1 aromatic rings. The molecule has 110 valence electrons. The zero-order valence-electron chi connectivity index (χ0n) is 11.5. The van der Waals surface area contributed by atoms with Gasteiger partial charge in [-0.25, -0.2) is 0 Å². The molecule has 0 atom stereocenters. The Balaban J connectivity index is 1.94. The average molecular weight is 279 g/mol.